The zero-order chi connectivity index (χ0) is 21.4. The van der Waals surface area contributed by atoms with Crippen molar-refractivity contribution in [2.75, 3.05) is 4.31 Å². The van der Waals surface area contributed by atoms with Gasteiger partial charge < -0.3 is 0 Å². The first-order valence-electron chi connectivity index (χ1n) is 9.21. The Morgan fingerprint density at radius 1 is 1.00 bits per heavy atom. The molecular weight excluding hydrogens is 402 g/mol. The SMILES string of the molecule is N#CCC1(c2ccccc2)Cc2ccccc2N1S(=O)(=O)c1ccccc1[N+](=O)[O-]. The van der Waals surface area contributed by atoms with Crippen molar-refractivity contribution in [1.82, 2.24) is 0 Å². The van der Waals surface area contributed by atoms with Gasteiger partial charge in [0.1, 0.15) is 0 Å². The molecule has 1 aliphatic rings. The van der Waals surface area contributed by atoms with Crippen LogP contribution in [0.2, 0.25) is 0 Å². The zero-order valence-electron chi connectivity index (χ0n) is 15.8. The Hall–Kier alpha value is -3.70. The maximum Gasteiger partial charge on any atom is 0.289 e. The Morgan fingerprint density at radius 2 is 1.63 bits per heavy atom. The van der Waals surface area contributed by atoms with Crippen molar-refractivity contribution in [3.05, 3.63) is 100 Å². The number of hydrogen-bond donors (Lipinski definition) is 0. The molecule has 0 bridgehead atoms. The second-order valence-corrected chi connectivity index (χ2v) is 8.79. The minimum atomic E-state index is -4.37. The van der Waals surface area contributed by atoms with Crippen LogP contribution in [0.1, 0.15) is 17.5 Å². The Morgan fingerprint density at radius 3 is 2.33 bits per heavy atom. The van der Waals surface area contributed by atoms with Crippen molar-refractivity contribution in [3.8, 4) is 6.07 Å². The molecule has 1 aliphatic heterocycles. The molecule has 0 spiro atoms. The first-order valence-corrected chi connectivity index (χ1v) is 10.6. The highest BCUT2D eigenvalue weighted by molar-refractivity contribution is 7.93. The van der Waals surface area contributed by atoms with Gasteiger partial charge in [0.2, 0.25) is 0 Å². The first kappa shape index (κ1) is 19.6. The van der Waals surface area contributed by atoms with Crippen LogP contribution in [0.5, 0.6) is 0 Å². The van der Waals surface area contributed by atoms with E-state index in [0.29, 0.717) is 17.7 Å². The molecule has 0 saturated carbocycles. The summed E-state index contributed by atoms with van der Waals surface area (Å²) in [5, 5.41) is 21.2. The van der Waals surface area contributed by atoms with Crippen LogP contribution in [0.3, 0.4) is 0 Å². The van der Waals surface area contributed by atoms with Crippen molar-refractivity contribution in [1.29, 1.82) is 5.26 Å². The van der Waals surface area contributed by atoms with E-state index in [1.807, 2.05) is 18.2 Å². The summed E-state index contributed by atoms with van der Waals surface area (Å²) in [6, 6.07) is 23.4. The highest BCUT2D eigenvalue weighted by atomic mass is 32.2. The smallest absolute Gasteiger partial charge is 0.258 e. The van der Waals surface area contributed by atoms with E-state index in [1.54, 1.807) is 36.4 Å². The number of nitro groups is 1. The van der Waals surface area contributed by atoms with E-state index < -0.39 is 31.1 Å². The average molecular weight is 419 g/mol. The standard InChI is InChI=1S/C22H17N3O4S/c23-15-14-22(18-9-2-1-3-10-18)16-17-8-4-5-11-19(17)24(22)30(28,29)21-13-7-6-12-20(21)25(26)27/h1-13H,14,16H2. The van der Waals surface area contributed by atoms with Crippen LogP contribution in [-0.2, 0) is 22.0 Å². The molecule has 0 N–H and O–H groups in total. The summed E-state index contributed by atoms with van der Waals surface area (Å²) in [5.41, 5.74) is 0.140. The molecule has 0 amide bonds. The number of nitrogens with zero attached hydrogens (tertiary/aromatic N) is 3. The van der Waals surface area contributed by atoms with Crippen molar-refractivity contribution in [3.63, 3.8) is 0 Å². The first-order chi connectivity index (χ1) is 14.4. The fourth-order valence-corrected chi connectivity index (χ4v) is 6.08. The lowest BCUT2D eigenvalue weighted by molar-refractivity contribution is -0.387. The molecule has 30 heavy (non-hydrogen) atoms. The molecule has 150 valence electrons. The van der Waals surface area contributed by atoms with Gasteiger partial charge in [0.15, 0.2) is 4.90 Å². The number of anilines is 1. The predicted molar refractivity (Wildman–Crippen MR) is 111 cm³/mol. The lowest BCUT2D eigenvalue weighted by Crippen LogP contribution is -2.47. The summed E-state index contributed by atoms with van der Waals surface area (Å²) in [5.74, 6) is 0. The van der Waals surface area contributed by atoms with Gasteiger partial charge in [-0.1, -0.05) is 60.7 Å². The molecule has 0 aliphatic carbocycles. The van der Waals surface area contributed by atoms with Crippen molar-refractivity contribution in [2.24, 2.45) is 0 Å². The van der Waals surface area contributed by atoms with Gasteiger partial charge in [0.05, 0.1) is 28.6 Å². The highest BCUT2D eigenvalue weighted by Gasteiger charge is 2.52. The molecule has 1 heterocycles. The van der Waals surface area contributed by atoms with Gasteiger partial charge in [-0.25, -0.2) is 8.42 Å². The Labute approximate surface area is 174 Å². The number of rotatable bonds is 5. The molecule has 3 aromatic carbocycles. The maximum atomic E-state index is 13.9. The second-order valence-electron chi connectivity index (χ2n) is 7.03. The summed E-state index contributed by atoms with van der Waals surface area (Å²) in [7, 11) is -4.37. The number of nitriles is 1. The second kappa shape index (κ2) is 7.28. The number of sulfonamides is 1. The maximum absolute atomic E-state index is 13.9. The number of para-hydroxylation sites is 2. The third-order valence-corrected chi connectivity index (χ3v) is 7.27. The van der Waals surface area contributed by atoms with Crippen LogP contribution in [0.25, 0.3) is 0 Å². The molecular formula is C22H17N3O4S. The van der Waals surface area contributed by atoms with Gasteiger partial charge in [-0.15, -0.1) is 0 Å². The highest BCUT2D eigenvalue weighted by Crippen LogP contribution is 2.50. The van der Waals surface area contributed by atoms with Crippen LogP contribution < -0.4 is 4.31 Å². The normalized spacial score (nSPS) is 17.9. The van der Waals surface area contributed by atoms with Crippen LogP contribution >= 0.6 is 0 Å². The molecule has 3 aromatic rings. The van der Waals surface area contributed by atoms with E-state index in [0.717, 1.165) is 5.56 Å². The number of hydrogen-bond acceptors (Lipinski definition) is 5. The topological polar surface area (TPSA) is 104 Å². The minimum absolute atomic E-state index is 0.106. The van der Waals surface area contributed by atoms with Crippen molar-refractivity contribution < 1.29 is 13.3 Å². The molecule has 4 rings (SSSR count). The summed E-state index contributed by atoms with van der Waals surface area (Å²) in [6.45, 7) is 0. The lowest BCUT2D eigenvalue weighted by atomic mass is 9.84. The Bertz CT molecular complexity index is 1270. The summed E-state index contributed by atoms with van der Waals surface area (Å²) < 4.78 is 29.0. The number of nitro benzene ring substituents is 1. The van der Waals surface area contributed by atoms with E-state index in [4.69, 9.17) is 0 Å². The lowest BCUT2D eigenvalue weighted by Gasteiger charge is -2.38. The van der Waals surface area contributed by atoms with E-state index in [-0.39, 0.29) is 6.42 Å². The third kappa shape index (κ3) is 2.91. The summed E-state index contributed by atoms with van der Waals surface area (Å²) in [6.07, 6.45) is 0.187. The van der Waals surface area contributed by atoms with Crippen LogP contribution in [0, 0.1) is 21.4 Å². The van der Waals surface area contributed by atoms with Gasteiger partial charge in [0.25, 0.3) is 15.7 Å². The van der Waals surface area contributed by atoms with Crippen LogP contribution in [0.15, 0.2) is 83.8 Å². The van der Waals surface area contributed by atoms with Crippen molar-refractivity contribution in [2.45, 2.75) is 23.3 Å². The predicted octanol–water partition coefficient (Wildman–Crippen LogP) is 4.16. The molecule has 0 aromatic heterocycles. The summed E-state index contributed by atoms with van der Waals surface area (Å²) >= 11 is 0. The van der Waals surface area contributed by atoms with E-state index in [9.17, 15) is 23.8 Å². The van der Waals surface area contributed by atoms with Crippen molar-refractivity contribution >= 4 is 21.4 Å². The van der Waals surface area contributed by atoms with Gasteiger partial charge in [0, 0.05) is 12.5 Å². The molecule has 0 fully saturated rings. The molecule has 0 radical (unpaired) electrons. The van der Waals surface area contributed by atoms with Gasteiger partial charge in [-0.05, 0) is 23.3 Å². The third-order valence-electron chi connectivity index (χ3n) is 5.34. The number of benzene rings is 3. The Balaban J connectivity index is 2.04. The van der Waals surface area contributed by atoms with Gasteiger partial charge in [-0.3, -0.25) is 14.4 Å². The monoisotopic (exact) mass is 419 g/mol. The van der Waals surface area contributed by atoms with Gasteiger partial charge >= 0.3 is 0 Å². The van der Waals surface area contributed by atoms with E-state index in [1.165, 1.54) is 28.6 Å². The number of fused-ring (bicyclic) bond motifs is 1. The molecule has 1 unspecified atom stereocenters. The van der Waals surface area contributed by atoms with E-state index >= 15 is 0 Å². The molecule has 0 saturated heterocycles. The molecule has 1 atom stereocenters. The average Bonchev–Trinajstić information content (AvgIpc) is 3.10. The summed E-state index contributed by atoms with van der Waals surface area (Å²) in [4.78, 5) is 10.5. The largest absolute Gasteiger partial charge is 0.289 e. The molecule has 7 nitrogen and oxygen atoms in total. The quantitative estimate of drug-likeness (QED) is 0.456. The zero-order valence-corrected chi connectivity index (χ0v) is 16.6. The Kier molecular flexibility index (Phi) is 4.76. The molecule has 8 heteroatoms. The van der Waals surface area contributed by atoms with Crippen LogP contribution in [-0.4, -0.2) is 13.3 Å². The van der Waals surface area contributed by atoms with Gasteiger partial charge in [-0.2, -0.15) is 5.26 Å². The fourth-order valence-electron chi connectivity index (χ4n) is 4.09. The fraction of sp³-hybridized carbons (Fsp3) is 0.136. The minimum Gasteiger partial charge on any atom is -0.258 e. The van der Waals surface area contributed by atoms with E-state index in [2.05, 4.69) is 6.07 Å². The van der Waals surface area contributed by atoms with Crippen LogP contribution in [0.4, 0.5) is 11.4 Å².